The molecule has 0 saturated carbocycles. The molecule has 1 N–H and O–H groups in total. The Morgan fingerprint density at radius 1 is 1.15 bits per heavy atom. The SMILES string of the molecule is CC(C)c1ccc(NC(=O)c2ccc(N(C)C3CCS(=O)(=O)C3)nn2)cc1. The molecular weight excluding hydrogens is 364 g/mol. The van der Waals surface area contributed by atoms with E-state index in [0.717, 1.165) is 0 Å². The highest BCUT2D eigenvalue weighted by atomic mass is 32.2. The van der Waals surface area contributed by atoms with Crippen LogP contribution in [0.25, 0.3) is 0 Å². The molecule has 1 fully saturated rings. The van der Waals surface area contributed by atoms with Crippen molar-refractivity contribution < 1.29 is 13.2 Å². The molecule has 1 aromatic heterocycles. The van der Waals surface area contributed by atoms with Crippen molar-refractivity contribution in [3.63, 3.8) is 0 Å². The summed E-state index contributed by atoms with van der Waals surface area (Å²) in [6.07, 6.45) is 0.578. The van der Waals surface area contributed by atoms with Crippen LogP contribution in [0.2, 0.25) is 0 Å². The number of benzene rings is 1. The van der Waals surface area contributed by atoms with E-state index in [2.05, 4.69) is 29.4 Å². The van der Waals surface area contributed by atoms with Crippen molar-refractivity contribution in [1.82, 2.24) is 10.2 Å². The van der Waals surface area contributed by atoms with Crippen LogP contribution in [0.3, 0.4) is 0 Å². The third-order valence-corrected chi connectivity index (χ3v) is 6.59. The van der Waals surface area contributed by atoms with Crippen LogP contribution in [0.15, 0.2) is 36.4 Å². The molecule has 2 heterocycles. The van der Waals surface area contributed by atoms with Crippen molar-refractivity contribution in [3.05, 3.63) is 47.7 Å². The van der Waals surface area contributed by atoms with Crippen LogP contribution in [0.1, 0.15) is 42.2 Å². The monoisotopic (exact) mass is 388 g/mol. The fraction of sp³-hybridized carbons (Fsp3) is 0.421. The summed E-state index contributed by atoms with van der Waals surface area (Å²) in [6, 6.07) is 10.9. The van der Waals surface area contributed by atoms with E-state index in [1.54, 1.807) is 19.2 Å². The molecule has 1 atom stereocenters. The number of rotatable bonds is 5. The van der Waals surface area contributed by atoms with E-state index < -0.39 is 9.84 Å². The number of carbonyl (C=O) groups is 1. The first kappa shape index (κ1) is 19.3. The van der Waals surface area contributed by atoms with E-state index in [1.807, 2.05) is 29.2 Å². The molecule has 0 spiro atoms. The number of amides is 1. The number of hydrogen-bond acceptors (Lipinski definition) is 6. The van der Waals surface area contributed by atoms with E-state index in [-0.39, 0.29) is 29.1 Å². The standard InChI is InChI=1S/C19H24N4O3S/c1-13(2)14-4-6-15(7-5-14)20-19(24)17-8-9-18(22-21-17)23(3)16-10-11-27(25,26)12-16/h4-9,13,16H,10-12H2,1-3H3,(H,20,24). The van der Waals surface area contributed by atoms with Crippen LogP contribution in [0, 0.1) is 0 Å². The molecule has 1 aromatic carbocycles. The third-order valence-electron chi connectivity index (χ3n) is 4.84. The molecule has 1 aliphatic heterocycles. The van der Waals surface area contributed by atoms with Gasteiger partial charge < -0.3 is 10.2 Å². The van der Waals surface area contributed by atoms with Crippen molar-refractivity contribution in [2.24, 2.45) is 0 Å². The molecule has 1 amide bonds. The number of sulfone groups is 1. The predicted molar refractivity (Wildman–Crippen MR) is 106 cm³/mol. The van der Waals surface area contributed by atoms with Crippen LogP contribution in [0.4, 0.5) is 11.5 Å². The maximum atomic E-state index is 12.3. The van der Waals surface area contributed by atoms with Crippen molar-refractivity contribution >= 4 is 27.2 Å². The van der Waals surface area contributed by atoms with E-state index in [9.17, 15) is 13.2 Å². The first-order chi connectivity index (χ1) is 12.7. The average molecular weight is 388 g/mol. The smallest absolute Gasteiger partial charge is 0.276 e. The highest BCUT2D eigenvalue weighted by molar-refractivity contribution is 7.91. The second-order valence-electron chi connectivity index (χ2n) is 7.18. The first-order valence-corrected chi connectivity index (χ1v) is 10.8. The summed E-state index contributed by atoms with van der Waals surface area (Å²) >= 11 is 0. The minimum Gasteiger partial charge on any atom is -0.354 e. The van der Waals surface area contributed by atoms with E-state index in [1.165, 1.54) is 5.56 Å². The number of aromatic nitrogens is 2. The van der Waals surface area contributed by atoms with Gasteiger partial charge in [-0.05, 0) is 42.2 Å². The van der Waals surface area contributed by atoms with Gasteiger partial charge in [-0.2, -0.15) is 0 Å². The Morgan fingerprint density at radius 3 is 2.37 bits per heavy atom. The van der Waals surface area contributed by atoms with Gasteiger partial charge in [0.15, 0.2) is 21.3 Å². The summed E-state index contributed by atoms with van der Waals surface area (Å²) in [4.78, 5) is 14.2. The van der Waals surface area contributed by atoms with Gasteiger partial charge in [0.2, 0.25) is 0 Å². The van der Waals surface area contributed by atoms with E-state index in [4.69, 9.17) is 0 Å². The van der Waals surface area contributed by atoms with Crippen LogP contribution in [-0.2, 0) is 9.84 Å². The van der Waals surface area contributed by atoms with Gasteiger partial charge in [0.25, 0.3) is 5.91 Å². The minimum absolute atomic E-state index is 0.108. The predicted octanol–water partition coefficient (Wildman–Crippen LogP) is 2.48. The Labute approximate surface area is 159 Å². The number of carbonyl (C=O) groups excluding carboxylic acids is 1. The Balaban J connectivity index is 1.65. The molecule has 7 nitrogen and oxygen atoms in total. The Hall–Kier alpha value is -2.48. The van der Waals surface area contributed by atoms with Crippen molar-refractivity contribution in [2.45, 2.75) is 32.2 Å². The molecule has 0 radical (unpaired) electrons. The van der Waals surface area contributed by atoms with Gasteiger partial charge >= 0.3 is 0 Å². The fourth-order valence-corrected chi connectivity index (χ4v) is 4.82. The topological polar surface area (TPSA) is 92.3 Å². The average Bonchev–Trinajstić information content (AvgIpc) is 3.01. The van der Waals surface area contributed by atoms with Gasteiger partial charge in [0.1, 0.15) is 0 Å². The number of hydrogen-bond donors (Lipinski definition) is 1. The fourth-order valence-electron chi connectivity index (χ4n) is 3.05. The van der Waals surface area contributed by atoms with Gasteiger partial charge in [0.05, 0.1) is 11.5 Å². The van der Waals surface area contributed by atoms with E-state index in [0.29, 0.717) is 23.8 Å². The summed E-state index contributed by atoms with van der Waals surface area (Å²) < 4.78 is 23.3. The highest BCUT2D eigenvalue weighted by Crippen LogP contribution is 2.21. The maximum Gasteiger partial charge on any atom is 0.276 e. The summed E-state index contributed by atoms with van der Waals surface area (Å²) in [5, 5.41) is 10.9. The highest BCUT2D eigenvalue weighted by Gasteiger charge is 2.31. The van der Waals surface area contributed by atoms with Gasteiger partial charge in [0, 0.05) is 18.8 Å². The van der Waals surface area contributed by atoms with Gasteiger partial charge in [-0.3, -0.25) is 4.79 Å². The second-order valence-corrected chi connectivity index (χ2v) is 9.40. The van der Waals surface area contributed by atoms with Crippen molar-refractivity contribution in [2.75, 3.05) is 28.8 Å². The molecule has 8 heteroatoms. The van der Waals surface area contributed by atoms with Crippen LogP contribution in [0.5, 0.6) is 0 Å². The van der Waals surface area contributed by atoms with E-state index >= 15 is 0 Å². The van der Waals surface area contributed by atoms with Crippen LogP contribution >= 0.6 is 0 Å². The lowest BCUT2D eigenvalue weighted by molar-refractivity contribution is 0.102. The van der Waals surface area contributed by atoms with Gasteiger partial charge in [-0.15, -0.1) is 10.2 Å². The van der Waals surface area contributed by atoms with Gasteiger partial charge in [-0.25, -0.2) is 8.42 Å². The zero-order valence-corrected chi connectivity index (χ0v) is 16.5. The molecule has 0 aliphatic carbocycles. The molecule has 0 bridgehead atoms. The zero-order valence-electron chi connectivity index (χ0n) is 15.7. The first-order valence-electron chi connectivity index (χ1n) is 8.93. The molecule has 1 unspecified atom stereocenters. The maximum absolute atomic E-state index is 12.3. The van der Waals surface area contributed by atoms with Crippen molar-refractivity contribution in [1.29, 1.82) is 0 Å². The molecule has 144 valence electrons. The van der Waals surface area contributed by atoms with Crippen LogP contribution < -0.4 is 10.2 Å². The zero-order chi connectivity index (χ0) is 19.6. The molecule has 27 heavy (non-hydrogen) atoms. The lowest BCUT2D eigenvalue weighted by atomic mass is 10.0. The minimum atomic E-state index is -2.97. The molecular formula is C19H24N4O3S. The van der Waals surface area contributed by atoms with Gasteiger partial charge in [-0.1, -0.05) is 26.0 Å². The number of anilines is 2. The summed E-state index contributed by atoms with van der Waals surface area (Å²) in [7, 11) is -1.17. The Bertz CT molecular complexity index is 909. The molecule has 1 saturated heterocycles. The molecule has 2 aromatic rings. The number of nitrogens with zero attached hydrogens (tertiary/aromatic N) is 3. The lowest BCUT2D eigenvalue weighted by Gasteiger charge is -2.23. The Morgan fingerprint density at radius 2 is 1.85 bits per heavy atom. The molecule has 3 rings (SSSR count). The largest absolute Gasteiger partial charge is 0.354 e. The van der Waals surface area contributed by atoms with Crippen molar-refractivity contribution in [3.8, 4) is 0 Å². The normalized spacial score (nSPS) is 18.4. The Kier molecular flexibility index (Phi) is 5.46. The molecule has 1 aliphatic rings. The lowest BCUT2D eigenvalue weighted by Crippen LogP contribution is -2.33. The quantitative estimate of drug-likeness (QED) is 0.846. The summed E-state index contributed by atoms with van der Waals surface area (Å²) in [6.45, 7) is 4.23. The summed E-state index contributed by atoms with van der Waals surface area (Å²) in [5.41, 5.74) is 2.11. The summed E-state index contributed by atoms with van der Waals surface area (Å²) in [5.74, 6) is 0.970. The third kappa shape index (κ3) is 4.63. The number of nitrogens with one attached hydrogen (secondary N) is 1. The van der Waals surface area contributed by atoms with Crippen LogP contribution in [-0.4, -0.2) is 49.1 Å². The second kappa shape index (κ2) is 7.64.